The van der Waals surface area contributed by atoms with E-state index in [1.54, 1.807) is 0 Å². The van der Waals surface area contributed by atoms with Gasteiger partial charge in [-0.1, -0.05) is 29.3 Å². The molecule has 2 N–H and O–H groups in total. The number of nitrogens with one attached hydrogen (secondary N) is 2. The standard InChI is InChI=1S/C17H12Cl2F4N2O2/c18-11-2-1-3-12(19)14(11)15(26)25-16(27)24-10-4-5-13(20)9(8-10)6-7-17(21,22)23/h1-5,8H,6-7H2,(H2,24,25,26,27). The van der Waals surface area contributed by atoms with E-state index >= 15 is 0 Å². The molecule has 2 aromatic rings. The molecule has 0 aromatic heterocycles. The first kappa shape index (κ1) is 21.0. The lowest BCUT2D eigenvalue weighted by atomic mass is 10.1. The highest BCUT2D eigenvalue weighted by Gasteiger charge is 2.27. The average Bonchev–Trinajstić information content (AvgIpc) is 2.54. The molecule has 0 spiro atoms. The molecule has 4 nitrogen and oxygen atoms in total. The Morgan fingerprint density at radius 1 is 1.04 bits per heavy atom. The number of benzene rings is 2. The Bertz CT molecular complexity index is 852. The summed E-state index contributed by atoms with van der Waals surface area (Å²) in [6, 6.07) is 6.49. The third-order valence-corrected chi connectivity index (χ3v) is 4.03. The lowest BCUT2D eigenvalue weighted by Crippen LogP contribution is -2.34. The first-order valence-corrected chi connectivity index (χ1v) is 8.24. The second-order valence-electron chi connectivity index (χ2n) is 5.43. The van der Waals surface area contributed by atoms with Crippen LogP contribution >= 0.6 is 23.2 Å². The predicted octanol–water partition coefficient (Wildman–Crippen LogP) is 5.59. The summed E-state index contributed by atoms with van der Waals surface area (Å²) < 4.78 is 50.5. The SMILES string of the molecule is O=C(NC(=O)c1c(Cl)cccc1Cl)Nc1ccc(F)c(CCC(F)(F)F)c1. The Morgan fingerprint density at radius 3 is 2.26 bits per heavy atom. The fourth-order valence-electron chi connectivity index (χ4n) is 2.16. The van der Waals surface area contributed by atoms with Gasteiger partial charge in [0.1, 0.15) is 5.82 Å². The second kappa shape index (κ2) is 8.58. The monoisotopic (exact) mass is 422 g/mol. The fourth-order valence-corrected chi connectivity index (χ4v) is 2.73. The Labute approximate surface area is 161 Å². The van der Waals surface area contributed by atoms with Gasteiger partial charge >= 0.3 is 12.2 Å². The van der Waals surface area contributed by atoms with E-state index in [1.165, 1.54) is 18.2 Å². The molecule has 0 saturated carbocycles. The van der Waals surface area contributed by atoms with Crippen LogP contribution in [0, 0.1) is 5.82 Å². The van der Waals surface area contributed by atoms with E-state index in [9.17, 15) is 27.2 Å². The molecule has 2 aromatic carbocycles. The van der Waals surface area contributed by atoms with Crippen LogP contribution in [-0.2, 0) is 6.42 Å². The number of imide groups is 1. The molecule has 0 unspecified atom stereocenters. The van der Waals surface area contributed by atoms with Crippen LogP contribution in [0.15, 0.2) is 36.4 Å². The minimum atomic E-state index is -4.44. The maximum absolute atomic E-state index is 13.6. The Morgan fingerprint density at radius 2 is 1.67 bits per heavy atom. The Balaban J connectivity index is 2.06. The summed E-state index contributed by atoms with van der Waals surface area (Å²) in [7, 11) is 0. The van der Waals surface area contributed by atoms with Gasteiger partial charge in [0.25, 0.3) is 5.91 Å². The summed E-state index contributed by atoms with van der Waals surface area (Å²) in [5, 5.41) is 4.29. The molecule has 0 heterocycles. The third kappa shape index (κ3) is 6.11. The molecule has 0 aliphatic rings. The minimum absolute atomic E-state index is 0.0177. The predicted molar refractivity (Wildman–Crippen MR) is 93.7 cm³/mol. The van der Waals surface area contributed by atoms with Crippen molar-refractivity contribution in [3.63, 3.8) is 0 Å². The molecule has 144 valence electrons. The first-order valence-electron chi connectivity index (χ1n) is 7.48. The van der Waals surface area contributed by atoms with Crippen LogP contribution in [0.4, 0.5) is 28.0 Å². The van der Waals surface area contributed by atoms with Gasteiger partial charge in [0, 0.05) is 12.1 Å². The van der Waals surface area contributed by atoms with Gasteiger partial charge in [0.2, 0.25) is 0 Å². The Kier molecular flexibility index (Phi) is 6.67. The van der Waals surface area contributed by atoms with E-state index in [2.05, 4.69) is 5.32 Å². The molecule has 0 fully saturated rings. The molecule has 0 bridgehead atoms. The van der Waals surface area contributed by atoms with Crippen molar-refractivity contribution in [2.75, 3.05) is 5.32 Å². The summed E-state index contributed by atoms with van der Waals surface area (Å²) in [6.07, 6.45) is -6.22. The summed E-state index contributed by atoms with van der Waals surface area (Å²) in [5.41, 5.74) is -0.310. The summed E-state index contributed by atoms with van der Waals surface area (Å²) >= 11 is 11.7. The van der Waals surface area contributed by atoms with Crippen LogP contribution in [0.25, 0.3) is 0 Å². The molecule has 0 radical (unpaired) electrons. The van der Waals surface area contributed by atoms with Gasteiger partial charge in [0.15, 0.2) is 0 Å². The third-order valence-electron chi connectivity index (χ3n) is 3.40. The first-order chi connectivity index (χ1) is 12.6. The normalized spacial score (nSPS) is 11.2. The lowest BCUT2D eigenvalue weighted by Gasteiger charge is -2.11. The van der Waals surface area contributed by atoms with Crippen molar-refractivity contribution in [3.05, 3.63) is 63.4 Å². The topological polar surface area (TPSA) is 58.2 Å². The maximum atomic E-state index is 13.6. The van der Waals surface area contributed by atoms with Gasteiger partial charge in [-0.15, -0.1) is 0 Å². The molecule has 0 aliphatic heterocycles. The minimum Gasteiger partial charge on any atom is -0.308 e. The summed E-state index contributed by atoms with van der Waals surface area (Å²) in [5.74, 6) is -1.70. The number of alkyl halides is 3. The van der Waals surface area contributed by atoms with Gasteiger partial charge < -0.3 is 5.32 Å². The zero-order valence-corrected chi connectivity index (χ0v) is 15.0. The largest absolute Gasteiger partial charge is 0.389 e. The number of anilines is 1. The number of hydrogen-bond donors (Lipinski definition) is 2. The molecule has 0 atom stereocenters. The summed E-state index contributed by atoms with van der Waals surface area (Å²) in [6.45, 7) is 0. The number of hydrogen-bond acceptors (Lipinski definition) is 2. The van der Waals surface area contributed by atoms with Crippen molar-refractivity contribution in [1.29, 1.82) is 0 Å². The number of aryl methyl sites for hydroxylation is 1. The van der Waals surface area contributed by atoms with E-state index in [0.29, 0.717) is 0 Å². The van der Waals surface area contributed by atoms with Crippen molar-refractivity contribution in [3.8, 4) is 0 Å². The number of urea groups is 1. The highest BCUT2D eigenvalue weighted by Crippen LogP contribution is 2.25. The molecule has 27 heavy (non-hydrogen) atoms. The quantitative estimate of drug-likeness (QED) is 0.630. The van der Waals surface area contributed by atoms with Gasteiger partial charge in [-0.05, 0) is 42.3 Å². The zero-order valence-electron chi connectivity index (χ0n) is 13.5. The van der Waals surface area contributed by atoms with E-state index < -0.39 is 36.8 Å². The molecule has 3 amide bonds. The van der Waals surface area contributed by atoms with Crippen molar-refractivity contribution in [1.82, 2.24) is 5.32 Å². The molecular formula is C17H12Cl2F4N2O2. The number of carbonyl (C=O) groups is 2. The fraction of sp³-hybridized carbons (Fsp3) is 0.176. The molecule has 0 saturated heterocycles. The van der Waals surface area contributed by atoms with Crippen molar-refractivity contribution in [2.24, 2.45) is 0 Å². The highest BCUT2D eigenvalue weighted by atomic mass is 35.5. The van der Waals surface area contributed by atoms with E-state index in [4.69, 9.17) is 23.2 Å². The maximum Gasteiger partial charge on any atom is 0.389 e. The van der Waals surface area contributed by atoms with Crippen LogP contribution in [-0.4, -0.2) is 18.1 Å². The van der Waals surface area contributed by atoms with Crippen LogP contribution in [0.2, 0.25) is 10.0 Å². The molecular weight excluding hydrogens is 411 g/mol. The average molecular weight is 423 g/mol. The van der Waals surface area contributed by atoms with Crippen LogP contribution in [0.1, 0.15) is 22.3 Å². The zero-order chi connectivity index (χ0) is 20.2. The molecule has 2 rings (SSSR count). The van der Waals surface area contributed by atoms with Gasteiger partial charge in [0.05, 0.1) is 15.6 Å². The van der Waals surface area contributed by atoms with Crippen molar-refractivity contribution >= 4 is 40.8 Å². The molecule has 0 aliphatic carbocycles. The van der Waals surface area contributed by atoms with E-state index in [0.717, 1.165) is 18.2 Å². The summed E-state index contributed by atoms with van der Waals surface area (Å²) in [4.78, 5) is 24.0. The van der Waals surface area contributed by atoms with Gasteiger partial charge in [-0.3, -0.25) is 10.1 Å². The van der Waals surface area contributed by atoms with E-state index in [1.807, 2.05) is 5.32 Å². The van der Waals surface area contributed by atoms with Crippen LogP contribution in [0.5, 0.6) is 0 Å². The van der Waals surface area contributed by atoms with E-state index in [-0.39, 0.29) is 26.9 Å². The van der Waals surface area contributed by atoms with Crippen LogP contribution in [0.3, 0.4) is 0 Å². The number of rotatable bonds is 4. The smallest absolute Gasteiger partial charge is 0.308 e. The van der Waals surface area contributed by atoms with Crippen LogP contribution < -0.4 is 10.6 Å². The highest BCUT2D eigenvalue weighted by molar-refractivity contribution is 6.40. The number of halogens is 6. The van der Waals surface area contributed by atoms with Crippen molar-refractivity contribution in [2.45, 2.75) is 19.0 Å². The molecule has 10 heteroatoms. The second-order valence-corrected chi connectivity index (χ2v) is 6.24. The van der Waals surface area contributed by atoms with Gasteiger partial charge in [-0.25, -0.2) is 9.18 Å². The number of amides is 3. The van der Waals surface area contributed by atoms with Crippen molar-refractivity contribution < 1.29 is 27.2 Å². The van der Waals surface area contributed by atoms with Gasteiger partial charge in [-0.2, -0.15) is 13.2 Å². The Hall–Kier alpha value is -2.32. The lowest BCUT2D eigenvalue weighted by molar-refractivity contribution is -0.134. The number of carbonyl (C=O) groups excluding carboxylic acids is 2.